The number of hydrogen-bond acceptors (Lipinski definition) is 4. The Bertz CT molecular complexity index is 1290. The van der Waals surface area contributed by atoms with Gasteiger partial charge in [0.2, 0.25) is 0 Å². The van der Waals surface area contributed by atoms with Crippen LogP contribution >= 0.6 is 23.2 Å². The number of hydrazone groups is 1. The zero-order valence-electron chi connectivity index (χ0n) is 18.3. The zero-order chi connectivity index (χ0) is 24.2. The normalized spacial score (nSPS) is 11.8. The number of aryl methyl sites for hydroxylation is 2. The van der Waals surface area contributed by atoms with Crippen molar-refractivity contribution in [1.82, 2.24) is 5.43 Å². The van der Waals surface area contributed by atoms with Crippen LogP contribution in [0.3, 0.4) is 0 Å². The molecule has 0 bridgehead atoms. The highest BCUT2D eigenvalue weighted by Gasteiger charge is 2.28. The highest BCUT2D eigenvalue weighted by atomic mass is 35.5. The van der Waals surface area contributed by atoms with Crippen molar-refractivity contribution in [1.29, 1.82) is 0 Å². The summed E-state index contributed by atoms with van der Waals surface area (Å²) in [5.74, 6) is -0.599. The number of benzene rings is 3. The quantitative estimate of drug-likeness (QED) is 0.348. The Kier molecular flexibility index (Phi) is 7.79. The van der Waals surface area contributed by atoms with Gasteiger partial charge in [-0.2, -0.15) is 5.10 Å². The van der Waals surface area contributed by atoms with Gasteiger partial charge < -0.3 is 0 Å². The van der Waals surface area contributed by atoms with Crippen molar-refractivity contribution >= 4 is 50.5 Å². The maximum absolute atomic E-state index is 13.5. The summed E-state index contributed by atoms with van der Waals surface area (Å²) in [6, 6.07) is 18.3. The van der Waals surface area contributed by atoms with E-state index in [0.717, 1.165) is 15.4 Å². The fourth-order valence-electron chi connectivity index (χ4n) is 3.06. The lowest BCUT2D eigenvalue weighted by Crippen LogP contribution is -2.40. The number of sulfonamides is 1. The van der Waals surface area contributed by atoms with Crippen LogP contribution < -0.4 is 9.73 Å². The fraction of sp³-hybridized carbons (Fsp3) is 0.167. The molecule has 9 heteroatoms. The van der Waals surface area contributed by atoms with Crippen LogP contribution in [0.15, 0.2) is 76.7 Å². The first-order chi connectivity index (χ1) is 15.6. The predicted octanol–water partition coefficient (Wildman–Crippen LogP) is 5.35. The van der Waals surface area contributed by atoms with Gasteiger partial charge >= 0.3 is 0 Å². The summed E-state index contributed by atoms with van der Waals surface area (Å²) >= 11 is 12.0. The topological polar surface area (TPSA) is 78.8 Å². The summed E-state index contributed by atoms with van der Waals surface area (Å²) in [4.78, 5) is 12.8. The second kappa shape index (κ2) is 10.4. The predicted molar refractivity (Wildman–Crippen MR) is 134 cm³/mol. The molecule has 0 aliphatic carbocycles. The summed E-state index contributed by atoms with van der Waals surface area (Å²) in [6.07, 6.45) is 0. The van der Waals surface area contributed by atoms with E-state index in [1.807, 2.05) is 6.92 Å². The van der Waals surface area contributed by atoms with Gasteiger partial charge in [-0.05, 0) is 68.3 Å². The summed E-state index contributed by atoms with van der Waals surface area (Å²) < 4.78 is 28.0. The third kappa shape index (κ3) is 6.13. The molecule has 0 spiro atoms. The maximum atomic E-state index is 13.5. The number of hydrogen-bond donors (Lipinski definition) is 1. The van der Waals surface area contributed by atoms with Crippen LogP contribution in [0.25, 0.3) is 0 Å². The van der Waals surface area contributed by atoms with E-state index in [1.165, 1.54) is 18.2 Å². The first-order valence-corrected chi connectivity index (χ1v) is 12.2. The highest BCUT2D eigenvalue weighted by Crippen LogP contribution is 2.29. The lowest BCUT2D eigenvalue weighted by molar-refractivity contribution is -0.119. The fourth-order valence-corrected chi connectivity index (χ4v) is 4.83. The van der Waals surface area contributed by atoms with E-state index >= 15 is 0 Å². The Hall–Kier alpha value is -2.87. The van der Waals surface area contributed by atoms with Gasteiger partial charge in [-0.3, -0.25) is 9.10 Å². The molecule has 172 valence electrons. The molecule has 0 aromatic heterocycles. The average Bonchev–Trinajstić information content (AvgIpc) is 2.78. The smallest absolute Gasteiger partial charge is 0.264 e. The Balaban J connectivity index is 1.92. The molecule has 6 nitrogen and oxygen atoms in total. The lowest BCUT2D eigenvalue weighted by Gasteiger charge is -2.25. The highest BCUT2D eigenvalue weighted by molar-refractivity contribution is 7.92. The van der Waals surface area contributed by atoms with E-state index in [1.54, 1.807) is 62.4 Å². The first kappa shape index (κ1) is 24.8. The molecule has 0 radical (unpaired) electrons. The number of carbonyl (C=O) groups is 1. The van der Waals surface area contributed by atoms with E-state index in [4.69, 9.17) is 23.2 Å². The molecule has 0 atom stereocenters. The van der Waals surface area contributed by atoms with Gasteiger partial charge in [0.25, 0.3) is 15.9 Å². The Morgan fingerprint density at radius 2 is 1.55 bits per heavy atom. The van der Waals surface area contributed by atoms with Crippen molar-refractivity contribution in [2.75, 3.05) is 10.8 Å². The number of anilines is 1. The SMILES string of the molecule is C/C(=N/NC(=O)CN(c1cc(Cl)ccc1C)S(=O)(=O)c1ccc(C)cc1)c1ccc(Cl)cc1. The number of carbonyl (C=O) groups excluding carboxylic acids is 1. The molecular formula is C24H23Cl2N3O3S. The van der Waals surface area contributed by atoms with Crippen LogP contribution in [0.1, 0.15) is 23.6 Å². The van der Waals surface area contributed by atoms with Crippen molar-refractivity contribution < 1.29 is 13.2 Å². The maximum Gasteiger partial charge on any atom is 0.264 e. The molecule has 0 aliphatic heterocycles. The van der Waals surface area contributed by atoms with Gasteiger partial charge in [0, 0.05) is 10.0 Å². The molecule has 0 aliphatic rings. The monoisotopic (exact) mass is 503 g/mol. The average molecular weight is 504 g/mol. The van der Waals surface area contributed by atoms with Gasteiger partial charge in [-0.1, -0.05) is 59.1 Å². The molecule has 33 heavy (non-hydrogen) atoms. The number of halogens is 2. The zero-order valence-corrected chi connectivity index (χ0v) is 20.7. The minimum absolute atomic E-state index is 0.0705. The van der Waals surface area contributed by atoms with Crippen molar-refractivity contribution in [3.63, 3.8) is 0 Å². The molecule has 0 saturated heterocycles. The van der Waals surface area contributed by atoms with Gasteiger partial charge in [-0.15, -0.1) is 0 Å². The number of nitrogens with one attached hydrogen (secondary N) is 1. The van der Waals surface area contributed by atoms with Crippen LogP contribution in [0.5, 0.6) is 0 Å². The van der Waals surface area contributed by atoms with Gasteiger partial charge in [0.1, 0.15) is 6.54 Å². The van der Waals surface area contributed by atoms with Crippen molar-refractivity contribution in [3.05, 3.63) is 93.5 Å². The Morgan fingerprint density at radius 3 is 2.18 bits per heavy atom. The molecular weight excluding hydrogens is 481 g/mol. The van der Waals surface area contributed by atoms with E-state index in [9.17, 15) is 13.2 Å². The number of nitrogens with zero attached hydrogens (tertiary/aromatic N) is 2. The Labute approximate surface area is 203 Å². The molecule has 3 aromatic carbocycles. The molecule has 1 amide bonds. The number of rotatable bonds is 7. The lowest BCUT2D eigenvalue weighted by atomic mass is 10.1. The van der Waals surface area contributed by atoms with E-state index < -0.39 is 22.5 Å². The van der Waals surface area contributed by atoms with Crippen LogP contribution in [-0.2, 0) is 14.8 Å². The van der Waals surface area contributed by atoms with Crippen molar-refractivity contribution in [3.8, 4) is 0 Å². The number of amides is 1. The minimum atomic E-state index is -4.05. The molecule has 0 unspecified atom stereocenters. The molecule has 0 heterocycles. The van der Waals surface area contributed by atoms with Gasteiger partial charge in [0.05, 0.1) is 16.3 Å². The molecule has 0 saturated carbocycles. The van der Waals surface area contributed by atoms with Gasteiger partial charge in [0.15, 0.2) is 0 Å². The van der Waals surface area contributed by atoms with Crippen LogP contribution in [0, 0.1) is 13.8 Å². The van der Waals surface area contributed by atoms with Crippen LogP contribution in [0.4, 0.5) is 5.69 Å². The first-order valence-electron chi connectivity index (χ1n) is 10.0. The van der Waals surface area contributed by atoms with Gasteiger partial charge in [-0.25, -0.2) is 13.8 Å². The largest absolute Gasteiger partial charge is 0.271 e. The third-order valence-electron chi connectivity index (χ3n) is 4.95. The molecule has 0 fully saturated rings. The second-order valence-electron chi connectivity index (χ2n) is 7.49. The Morgan fingerprint density at radius 1 is 0.939 bits per heavy atom. The third-order valence-corrected chi connectivity index (χ3v) is 7.21. The summed E-state index contributed by atoms with van der Waals surface area (Å²) in [5.41, 5.74) is 5.65. The van der Waals surface area contributed by atoms with Crippen molar-refractivity contribution in [2.45, 2.75) is 25.7 Å². The molecule has 3 aromatic rings. The van der Waals surface area contributed by atoms with E-state index in [2.05, 4.69) is 10.5 Å². The van der Waals surface area contributed by atoms with Crippen LogP contribution in [0.2, 0.25) is 10.0 Å². The second-order valence-corrected chi connectivity index (χ2v) is 10.2. The standard InChI is InChI=1S/C24H23Cl2N3O3S/c1-16-4-12-22(13-5-16)33(31,32)29(23-14-21(26)9-6-17(23)2)15-24(30)28-27-18(3)19-7-10-20(25)11-8-19/h4-14H,15H2,1-3H3,(H,28,30)/b27-18-. The molecule has 1 N–H and O–H groups in total. The minimum Gasteiger partial charge on any atom is -0.271 e. The summed E-state index contributed by atoms with van der Waals surface area (Å²) in [7, 11) is -4.05. The van der Waals surface area contributed by atoms with E-state index in [0.29, 0.717) is 27.0 Å². The van der Waals surface area contributed by atoms with Crippen LogP contribution in [-0.4, -0.2) is 26.6 Å². The summed E-state index contributed by atoms with van der Waals surface area (Å²) in [5, 5.41) is 5.05. The summed E-state index contributed by atoms with van der Waals surface area (Å²) in [6.45, 7) is 4.87. The molecule has 3 rings (SSSR count). The van der Waals surface area contributed by atoms with E-state index in [-0.39, 0.29) is 4.90 Å². The van der Waals surface area contributed by atoms with Crippen molar-refractivity contribution in [2.24, 2.45) is 5.10 Å².